The minimum absolute atomic E-state index is 0.555. The number of hydrogen-bond donors (Lipinski definition) is 1. The Morgan fingerprint density at radius 1 is 1.45 bits per heavy atom. The molecular formula is C10H19N. The lowest BCUT2D eigenvalue weighted by Crippen LogP contribution is -2.24. The van der Waals surface area contributed by atoms with Crippen molar-refractivity contribution in [2.24, 2.45) is 0 Å². The van der Waals surface area contributed by atoms with Gasteiger partial charge in [0.25, 0.3) is 0 Å². The Kier molecular flexibility index (Phi) is 4.88. The molecule has 64 valence electrons. The Hall–Kier alpha value is -0.560. The largest absolute Gasteiger partial charge is 0.317 e. The molecular weight excluding hydrogens is 134 g/mol. The van der Waals surface area contributed by atoms with E-state index in [1.165, 1.54) is 0 Å². The minimum atomic E-state index is 0.555. The minimum Gasteiger partial charge on any atom is -0.317 e. The average molecular weight is 153 g/mol. The van der Waals surface area contributed by atoms with Crippen molar-refractivity contribution in [3.63, 3.8) is 0 Å². The average Bonchev–Trinajstić information content (AvgIpc) is 1.99. The molecule has 1 N–H and O–H groups in total. The van der Waals surface area contributed by atoms with Gasteiger partial charge in [-0.2, -0.15) is 0 Å². The van der Waals surface area contributed by atoms with Crippen molar-refractivity contribution in [3.8, 4) is 0 Å². The van der Waals surface area contributed by atoms with Crippen molar-refractivity contribution in [3.05, 3.63) is 24.3 Å². The van der Waals surface area contributed by atoms with E-state index in [1.54, 1.807) is 0 Å². The molecule has 0 rings (SSSR count). The summed E-state index contributed by atoms with van der Waals surface area (Å²) in [7, 11) is 1.99. The molecule has 0 spiro atoms. The van der Waals surface area contributed by atoms with Crippen molar-refractivity contribution in [1.82, 2.24) is 5.32 Å². The summed E-state index contributed by atoms with van der Waals surface area (Å²) in [5.41, 5.74) is 2.25. The van der Waals surface area contributed by atoms with Gasteiger partial charge in [0.15, 0.2) is 0 Å². The summed E-state index contributed by atoms with van der Waals surface area (Å²) in [6.07, 6.45) is 2.16. The zero-order valence-corrected chi connectivity index (χ0v) is 7.91. The first-order valence-corrected chi connectivity index (χ1v) is 4.12. The highest BCUT2D eigenvalue weighted by Crippen LogP contribution is 2.12. The van der Waals surface area contributed by atoms with Crippen LogP contribution in [0.15, 0.2) is 24.3 Å². The van der Waals surface area contributed by atoms with E-state index in [4.69, 9.17) is 0 Å². The zero-order chi connectivity index (χ0) is 8.85. The molecule has 0 saturated heterocycles. The van der Waals surface area contributed by atoms with E-state index in [9.17, 15) is 0 Å². The first kappa shape index (κ1) is 10.4. The summed E-state index contributed by atoms with van der Waals surface area (Å²) in [4.78, 5) is 0. The summed E-state index contributed by atoms with van der Waals surface area (Å²) in [5, 5.41) is 3.24. The third-order valence-corrected chi connectivity index (χ3v) is 2.00. The predicted molar refractivity (Wildman–Crippen MR) is 51.7 cm³/mol. The van der Waals surface area contributed by atoms with Crippen molar-refractivity contribution in [2.45, 2.75) is 32.7 Å². The smallest absolute Gasteiger partial charge is 0.0102 e. The summed E-state index contributed by atoms with van der Waals surface area (Å²) in [5.74, 6) is 0. The second kappa shape index (κ2) is 5.14. The molecule has 0 aromatic carbocycles. The van der Waals surface area contributed by atoms with E-state index in [0.717, 1.165) is 24.0 Å². The maximum absolute atomic E-state index is 3.95. The van der Waals surface area contributed by atoms with Gasteiger partial charge in [-0.05, 0) is 26.8 Å². The van der Waals surface area contributed by atoms with Crippen LogP contribution in [0.3, 0.4) is 0 Å². The van der Waals surface area contributed by atoms with Crippen molar-refractivity contribution in [1.29, 1.82) is 0 Å². The van der Waals surface area contributed by atoms with E-state index >= 15 is 0 Å². The fourth-order valence-corrected chi connectivity index (χ4v) is 0.922. The van der Waals surface area contributed by atoms with E-state index in [0.29, 0.717) is 6.04 Å². The molecule has 0 aliphatic heterocycles. The van der Waals surface area contributed by atoms with Gasteiger partial charge in [-0.25, -0.2) is 0 Å². The lowest BCUT2D eigenvalue weighted by molar-refractivity contribution is 0.544. The van der Waals surface area contributed by atoms with Crippen LogP contribution >= 0.6 is 0 Å². The molecule has 1 unspecified atom stereocenters. The Labute approximate surface area is 70.2 Å². The quantitative estimate of drug-likeness (QED) is 0.598. The maximum Gasteiger partial charge on any atom is 0.0102 e. The van der Waals surface area contributed by atoms with Crippen molar-refractivity contribution in [2.75, 3.05) is 7.05 Å². The molecule has 1 heteroatoms. The Bertz CT molecular complexity index is 143. The fraction of sp³-hybridized carbons (Fsp3) is 0.600. The van der Waals surface area contributed by atoms with Crippen LogP contribution in [0.2, 0.25) is 0 Å². The van der Waals surface area contributed by atoms with Gasteiger partial charge < -0.3 is 5.32 Å². The Morgan fingerprint density at radius 2 is 2.00 bits per heavy atom. The molecule has 0 aliphatic carbocycles. The molecule has 0 aromatic heterocycles. The third-order valence-electron chi connectivity index (χ3n) is 2.00. The topological polar surface area (TPSA) is 12.0 Å². The molecule has 0 saturated carbocycles. The second-order valence-corrected chi connectivity index (χ2v) is 2.98. The van der Waals surface area contributed by atoms with Gasteiger partial charge in [-0.3, -0.25) is 0 Å². The van der Waals surface area contributed by atoms with Gasteiger partial charge in [-0.1, -0.05) is 31.2 Å². The van der Waals surface area contributed by atoms with Gasteiger partial charge >= 0.3 is 0 Å². The van der Waals surface area contributed by atoms with E-state index in [1.807, 2.05) is 14.0 Å². The lowest BCUT2D eigenvalue weighted by Gasteiger charge is -2.14. The zero-order valence-electron chi connectivity index (χ0n) is 7.91. The third kappa shape index (κ3) is 3.99. The SMILES string of the molecule is C=C(C)C(=C)CC(CC)NC. The van der Waals surface area contributed by atoms with Crippen LogP contribution in [0.5, 0.6) is 0 Å². The van der Waals surface area contributed by atoms with E-state index in [2.05, 4.69) is 25.4 Å². The molecule has 1 nitrogen and oxygen atoms in total. The van der Waals surface area contributed by atoms with Crippen LogP contribution in [-0.2, 0) is 0 Å². The molecule has 0 aromatic rings. The van der Waals surface area contributed by atoms with Crippen LogP contribution < -0.4 is 5.32 Å². The monoisotopic (exact) mass is 153 g/mol. The normalized spacial score (nSPS) is 12.6. The van der Waals surface area contributed by atoms with Crippen LogP contribution in [0.4, 0.5) is 0 Å². The molecule has 0 bridgehead atoms. The highest BCUT2D eigenvalue weighted by Gasteiger charge is 2.04. The van der Waals surface area contributed by atoms with Gasteiger partial charge in [0.05, 0.1) is 0 Å². The van der Waals surface area contributed by atoms with Crippen LogP contribution in [0.25, 0.3) is 0 Å². The Morgan fingerprint density at radius 3 is 2.27 bits per heavy atom. The molecule has 11 heavy (non-hydrogen) atoms. The number of allylic oxidation sites excluding steroid dienone is 1. The second-order valence-electron chi connectivity index (χ2n) is 2.98. The molecule has 0 aliphatic rings. The predicted octanol–water partition coefficient (Wildman–Crippen LogP) is 2.51. The molecule has 0 amide bonds. The lowest BCUT2D eigenvalue weighted by atomic mass is 10.0. The molecule has 0 fully saturated rings. The fourth-order valence-electron chi connectivity index (χ4n) is 0.922. The van der Waals surface area contributed by atoms with Crippen molar-refractivity contribution < 1.29 is 0 Å². The number of nitrogens with one attached hydrogen (secondary N) is 1. The van der Waals surface area contributed by atoms with Gasteiger partial charge in [0.1, 0.15) is 0 Å². The Balaban J connectivity index is 3.81. The molecule has 1 atom stereocenters. The molecule has 0 heterocycles. The van der Waals surface area contributed by atoms with Crippen LogP contribution in [0, 0.1) is 0 Å². The van der Waals surface area contributed by atoms with E-state index < -0.39 is 0 Å². The summed E-state index contributed by atoms with van der Waals surface area (Å²) >= 11 is 0. The van der Waals surface area contributed by atoms with E-state index in [-0.39, 0.29) is 0 Å². The summed E-state index contributed by atoms with van der Waals surface area (Å²) in [6.45, 7) is 12.0. The highest BCUT2D eigenvalue weighted by atomic mass is 14.9. The van der Waals surface area contributed by atoms with Gasteiger partial charge in [0.2, 0.25) is 0 Å². The van der Waals surface area contributed by atoms with Crippen molar-refractivity contribution >= 4 is 0 Å². The molecule has 0 radical (unpaired) electrons. The van der Waals surface area contributed by atoms with Crippen LogP contribution in [0.1, 0.15) is 26.7 Å². The maximum atomic E-state index is 3.95. The van der Waals surface area contributed by atoms with Gasteiger partial charge in [0, 0.05) is 6.04 Å². The van der Waals surface area contributed by atoms with Gasteiger partial charge in [-0.15, -0.1) is 0 Å². The summed E-state index contributed by atoms with van der Waals surface area (Å²) in [6, 6.07) is 0.555. The first-order valence-electron chi connectivity index (χ1n) is 4.12. The van der Waals surface area contributed by atoms with Crippen LogP contribution in [-0.4, -0.2) is 13.1 Å². The number of rotatable bonds is 5. The number of hydrogen-bond acceptors (Lipinski definition) is 1. The highest BCUT2D eigenvalue weighted by molar-refractivity contribution is 5.23. The first-order chi connectivity index (χ1) is 5.11. The standard InChI is InChI=1S/C10H19N/c1-6-10(11-5)7-9(4)8(2)3/h10-11H,2,4,6-7H2,1,3,5H3. The summed E-state index contributed by atoms with van der Waals surface area (Å²) < 4.78 is 0.